The van der Waals surface area contributed by atoms with Crippen LogP contribution in [0.4, 0.5) is 0 Å². The van der Waals surface area contributed by atoms with Gasteiger partial charge in [-0.1, -0.05) is 0 Å². The maximum atomic E-state index is 5.92. The van der Waals surface area contributed by atoms with E-state index >= 15 is 0 Å². The SMILES string of the molecule is CNC(c1cncnc1)c1ccoc1Cl. The second kappa shape index (κ2) is 4.42. The van der Waals surface area contributed by atoms with Gasteiger partial charge in [0.05, 0.1) is 12.3 Å². The topological polar surface area (TPSA) is 51.0 Å². The van der Waals surface area contributed by atoms with E-state index < -0.39 is 0 Å². The van der Waals surface area contributed by atoms with Gasteiger partial charge in [0.15, 0.2) is 5.22 Å². The first-order valence-corrected chi connectivity index (χ1v) is 4.85. The number of hydrogen-bond donors (Lipinski definition) is 1. The van der Waals surface area contributed by atoms with Crippen LogP contribution < -0.4 is 5.32 Å². The molecule has 4 nitrogen and oxygen atoms in total. The Kier molecular flexibility index (Phi) is 2.99. The van der Waals surface area contributed by atoms with Crippen LogP contribution in [-0.2, 0) is 0 Å². The van der Waals surface area contributed by atoms with Gasteiger partial charge in [0, 0.05) is 23.5 Å². The Morgan fingerprint density at radius 3 is 2.67 bits per heavy atom. The van der Waals surface area contributed by atoms with E-state index in [0.717, 1.165) is 11.1 Å². The summed E-state index contributed by atoms with van der Waals surface area (Å²) >= 11 is 5.92. The van der Waals surface area contributed by atoms with Crippen LogP contribution in [0.3, 0.4) is 0 Å². The van der Waals surface area contributed by atoms with Crippen LogP contribution in [-0.4, -0.2) is 17.0 Å². The second-order valence-electron chi connectivity index (χ2n) is 3.04. The molecule has 0 spiro atoms. The third-order valence-corrected chi connectivity index (χ3v) is 2.47. The van der Waals surface area contributed by atoms with E-state index in [4.69, 9.17) is 16.0 Å². The van der Waals surface area contributed by atoms with E-state index in [1.165, 1.54) is 6.33 Å². The van der Waals surface area contributed by atoms with Crippen molar-refractivity contribution in [3.05, 3.63) is 47.4 Å². The lowest BCUT2D eigenvalue weighted by Gasteiger charge is -2.14. The summed E-state index contributed by atoms with van der Waals surface area (Å²) in [6.07, 6.45) is 6.55. The number of nitrogens with zero attached hydrogens (tertiary/aromatic N) is 2. The fourth-order valence-corrected chi connectivity index (χ4v) is 1.70. The van der Waals surface area contributed by atoms with Gasteiger partial charge in [0.1, 0.15) is 6.33 Å². The zero-order chi connectivity index (χ0) is 10.7. The number of rotatable bonds is 3. The second-order valence-corrected chi connectivity index (χ2v) is 3.39. The molecule has 0 aliphatic rings. The van der Waals surface area contributed by atoms with Gasteiger partial charge in [-0.15, -0.1) is 0 Å². The quantitative estimate of drug-likeness (QED) is 0.865. The molecule has 0 saturated heterocycles. The van der Waals surface area contributed by atoms with Crippen molar-refractivity contribution in [2.75, 3.05) is 7.05 Å². The van der Waals surface area contributed by atoms with Crippen molar-refractivity contribution in [1.82, 2.24) is 15.3 Å². The van der Waals surface area contributed by atoms with Crippen LogP contribution in [0.5, 0.6) is 0 Å². The molecule has 2 rings (SSSR count). The van der Waals surface area contributed by atoms with Crippen LogP contribution >= 0.6 is 11.6 Å². The Morgan fingerprint density at radius 2 is 2.13 bits per heavy atom. The summed E-state index contributed by atoms with van der Waals surface area (Å²) in [7, 11) is 1.85. The summed E-state index contributed by atoms with van der Waals surface area (Å²) in [4.78, 5) is 7.94. The van der Waals surface area contributed by atoms with Crippen molar-refractivity contribution in [1.29, 1.82) is 0 Å². The average molecular weight is 224 g/mol. The Morgan fingerprint density at radius 1 is 1.40 bits per heavy atom. The molecule has 0 amide bonds. The molecule has 78 valence electrons. The summed E-state index contributed by atoms with van der Waals surface area (Å²) in [6.45, 7) is 0. The third-order valence-electron chi connectivity index (χ3n) is 2.16. The van der Waals surface area contributed by atoms with Gasteiger partial charge in [0.25, 0.3) is 0 Å². The minimum Gasteiger partial charge on any atom is -0.453 e. The number of hydrogen-bond acceptors (Lipinski definition) is 4. The molecule has 0 bridgehead atoms. The first-order valence-electron chi connectivity index (χ1n) is 4.48. The Hall–Kier alpha value is -1.39. The van der Waals surface area contributed by atoms with Gasteiger partial charge in [-0.05, 0) is 24.7 Å². The van der Waals surface area contributed by atoms with Crippen molar-refractivity contribution in [3.63, 3.8) is 0 Å². The van der Waals surface area contributed by atoms with Crippen molar-refractivity contribution in [2.24, 2.45) is 0 Å². The minimum absolute atomic E-state index is 0.0440. The molecule has 15 heavy (non-hydrogen) atoms. The Labute approximate surface area is 92.3 Å². The molecular weight excluding hydrogens is 214 g/mol. The summed E-state index contributed by atoms with van der Waals surface area (Å²) < 4.78 is 5.05. The van der Waals surface area contributed by atoms with Crippen LogP contribution in [0, 0.1) is 0 Å². The Balaban J connectivity index is 2.37. The molecule has 0 saturated carbocycles. The molecule has 2 aromatic rings. The van der Waals surface area contributed by atoms with Crippen LogP contribution in [0.2, 0.25) is 5.22 Å². The predicted octanol–water partition coefficient (Wildman–Crippen LogP) is 2.03. The number of halogens is 1. The predicted molar refractivity (Wildman–Crippen MR) is 56.7 cm³/mol. The summed E-state index contributed by atoms with van der Waals surface area (Å²) in [5, 5.41) is 3.52. The van der Waals surface area contributed by atoms with E-state index in [1.54, 1.807) is 18.7 Å². The highest BCUT2D eigenvalue weighted by molar-refractivity contribution is 6.29. The minimum atomic E-state index is -0.0440. The van der Waals surface area contributed by atoms with E-state index in [-0.39, 0.29) is 6.04 Å². The Bertz CT molecular complexity index is 429. The van der Waals surface area contributed by atoms with Crippen molar-refractivity contribution >= 4 is 11.6 Å². The number of furan rings is 1. The van der Waals surface area contributed by atoms with E-state index in [9.17, 15) is 0 Å². The molecule has 0 aromatic carbocycles. The van der Waals surface area contributed by atoms with Crippen LogP contribution in [0.25, 0.3) is 0 Å². The smallest absolute Gasteiger partial charge is 0.198 e. The molecule has 1 N–H and O–H groups in total. The molecule has 0 fully saturated rings. The van der Waals surface area contributed by atoms with E-state index in [2.05, 4.69) is 15.3 Å². The van der Waals surface area contributed by atoms with E-state index in [0.29, 0.717) is 5.22 Å². The van der Waals surface area contributed by atoms with Crippen LogP contribution in [0.15, 0.2) is 35.5 Å². The molecule has 1 atom stereocenters. The zero-order valence-electron chi connectivity index (χ0n) is 8.14. The summed E-state index contributed by atoms with van der Waals surface area (Å²) in [6, 6.07) is 1.79. The normalized spacial score (nSPS) is 12.7. The fourth-order valence-electron chi connectivity index (χ4n) is 1.47. The zero-order valence-corrected chi connectivity index (χ0v) is 8.90. The van der Waals surface area contributed by atoms with E-state index in [1.807, 2.05) is 13.1 Å². The van der Waals surface area contributed by atoms with Gasteiger partial charge >= 0.3 is 0 Å². The first kappa shape index (κ1) is 10.1. The maximum absolute atomic E-state index is 5.92. The average Bonchev–Trinajstić information content (AvgIpc) is 2.68. The summed E-state index contributed by atoms with van der Waals surface area (Å²) in [5.41, 5.74) is 1.83. The number of nitrogens with one attached hydrogen (secondary N) is 1. The lowest BCUT2D eigenvalue weighted by Crippen LogP contribution is -2.17. The third kappa shape index (κ3) is 2.00. The largest absolute Gasteiger partial charge is 0.453 e. The molecule has 5 heteroatoms. The lowest BCUT2D eigenvalue weighted by molar-refractivity contribution is 0.559. The summed E-state index contributed by atoms with van der Waals surface area (Å²) in [5.74, 6) is 0. The molecule has 1 unspecified atom stereocenters. The number of aromatic nitrogens is 2. The molecule has 0 aliphatic carbocycles. The monoisotopic (exact) mass is 223 g/mol. The van der Waals surface area contributed by atoms with Crippen LogP contribution in [0.1, 0.15) is 17.2 Å². The van der Waals surface area contributed by atoms with Gasteiger partial charge < -0.3 is 9.73 Å². The molecule has 0 aliphatic heterocycles. The molecule has 2 heterocycles. The highest BCUT2D eigenvalue weighted by Gasteiger charge is 2.17. The van der Waals surface area contributed by atoms with Gasteiger partial charge in [-0.25, -0.2) is 9.97 Å². The van der Waals surface area contributed by atoms with Gasteiger partial charge in [-0.2, -0.15) is 0 Å². The first-order chi connectivity index (χ1) is 7.33. The maximum Gasteiger partial charge on any atom is 0.198 e. The molecule has 0 radical (unpaired) electrons. The van der Waals surface area contributed by atoms with Gasteiger partial charge in [0.2, 0.25) is 0 Å². The molecule has 2 aromatic heterocycles. The van der Waals surface area contributed by atoms with Crippen molar-refractivity contribution in [3.8, 4) is 0 Å². The molecular formula is C10H10ClN3O. The fraction of sp³-hybridized carbons (Fsp3) is 0.200. The standard InChI is InChI=1S/C10H10ClN3O/c1-12-9(7-4-13-6-14-5-7)8-2-3-15-10(8)11/h2-6,9,12H,1H3. The van der Waals surface area contributed by atoms with Crippen molar-refractivity contribution < 1.29 is 4.42 Å². The lowest BCUT2D eigenvalue weighted by atomic mass is 10.1. The highest BCUT2D eigenvalue weighted by Crippen LogP contribution is 2.27. The van der Waals surface area contributed by atoms with Gasteiger partial charge in [-0.3, -0.25) is 0 Å². The highest BCUT2D eigenvalue weighted by atomic mass is 35.5. The van der Waals surface area contributed by atoms with Crippen molar-refractivity contribution in [2.45, 2.75) is 6.04 Å².